The van der Waals surface area contributed by atoms with Gasteiger partial charge in [0.05, 0.1) is 56.6 Å². The molecular formula is C95H94N6O15. The van der Waals surface area contributed by atoms with Crippen molar-refractivity contribution in [1.29, 1.82) is 0 Å². The number of carboxylic acids is 1. The largest absolute Gasteiger partial charge is 0.478 e. The Hall–Kier alpha value is -12.7. The van der Waals surface area contributed by atoms with Gasteiger partial charge in [0.2, 0.25) is 23.6 Å². The zero-order chi connectivity index (χ0) is 81.6. The highest BCUT2D eigenvalue weighted by Crippen LogP contribution is 2.42. The number of methoxy groups -OCH3 is 2. The quantitative estimate of drug-likeness (QED) is 0.0277. The van der Waals surface area contributed by atoms with Crippen LogP contribution in [0.2, 0.25) is 0 Å². The summed E-state index contributed by atoms with van der Waals surface area (Å²) < 4.78 is 14.7. The van der Waals surface area contributed by atoms with Gasteiger partial charge in [-0.3, -0.25) is 38.9 Å². The molecule has 4 fully saturated rings. The maximum absolute atomic E-state index is 13.4. The number of nitrogens with two attached hydrogens (primary N) is 1. The minimum atomic E-state index is -0.944. The topological polar surface area (TPSA) is 287 Å². The Morgan fingerprint density at radius 2 is 0.750 bits per heavy atom. The number of nitrogens with one attached hydrogen (secondary N) is 1. The third kappa shape index (κ3) is 19.7. The summed E-state index contributed by atoms with van der Waals surface area (Å²) >= 11 is 0. The molecule has 4 saturated carbocycles. The molecular weight excluding hydrogens is 1470 g/mol. The van der Waals surface area contributed by atoms with Crippen LogP contribution in [0.5, 0.6) is 0 Å². The molecule has 594 valence electrons. The van der Waals surface area contributed by atoms with Gasteiger partial charge in [0.15, 0.2) is 11.6 Å². The van der Waals surface area contributed by atoms with E-state index in [1.54, 1.807) is 68.1 Å². The fraction of sp³-hybridized carbons (Fsp3) is 0.316. The minimum absolute atomic E-state index is 0.0165. The van der Waals surface area contributed by atoms with Crippen LogP contribution in [0.4, 0.5) is 38.9 Å². The third-order valence-corrected chi connectivity index (χ3v) is 22.1. The van der Waals surface area contributed by atoms with E-state index in [1.807, 2.05) is 160 Å². The van der Waals surface area contributed by atoms with Gasteiger partial charge in [-0.05, 0) is 272 Å². The van der Waals surface area contributed by atoms with Gasteiger partial charge in [0.25, 0.3) is 0 Å². The number of amides is 5. The first-order chi connectivity index (χ1) is 55.8. The van der Waals surface area contributed by atoms with Crippen LogP contribution in [-0.4, -0.2) is 116 Å². The molecule has 0 spiro atoms. The van der Waals surface area contributed by atoms with Gasteiger partial charge < -0.3 is 44.7 Å². The van der Waals surface area contributed by atoms with Crippen molar-refractivity contribution in [3.8, 4) is 22.3 Å². The first-order valence-corrected chi connectivity index (χ1v) is 39.7. The van der Waals surface area contributed by atoms with E-state index in [4.69, 9.17) is 15.6 Å². The van der Waals surface area contributed by atoms with Crippen LogP contribution in [0.15, 0.2) is 188 Å². The van der Waals surface area contributed by atoms with E-state index in [-0.39, 0.29) is 71.3 Å². The lowest BCUT2D eigenvalue weighted by atomic mass is 9.96. The number of aromatic carboxylic acids is 1. The molecule has 0 unspecified atom stereocenters. The fourth-order valence-electron chi connectivity index (χ4n) is 15.2. The van der Waals surface area contributed by atoms with Gasteiger partial charge in [-0.1, -0.05) is 78.9 Å². The number of rotatable bonds is 20. The van der Waals surface area contributed by atoms with Gasteiger partial charge in [-0.15, -0.1) is 0 Å². The van der Waals surface area contributed by atoms with E-state index in [1.165, 1.54) is 65.6 Å². The molecule has 5 amide bonds. The highest BCUT2D eigenvalue weighted by atomic mass is 16.6. The molecule has 116 heavy (non-hydrogen) atoms. The van der Waals surface area contributed by atoms with E-state index >= 15 is 0 Å². The average molecular weight is 1560 g/mol. The summed E-state index contributed by atoms with van der Waals surface area (Å²) in [4.78, 5) is 140. The summed E-state index contributed by atoms with van der Waals surface area (Å²) in [5.74, 6) is 1.52. The molecule has 4 aliphatic heterocycles. The predicted molar refractivity (Wildman–Crippen MR) is 443 cm³/mol. The summed E-state index contributed by atoms with van der Waals surface area (Å²) in [6, 6.07) is 58.2. The highest BCUT2D eigenvalue weighted by molar-refractivity contribution is 6.07. The number of carboxylic acid groups (broad SMARTS) is 1. The Morgan fingerprint density at radius 3 is 1.16 bits per heavy atom. The highest BCUT2D eigenvalue weighted by Gasteiger charge is 2.38. The molecule has 0 atom stereocenters. The van der Waals surface area contributed by atoms with Crippen LogP contribution < -0.4 is 30.7 Å². The molecule has 9 aliphatic rings. The number of carbonyl (C=O) groups excluding carboxylic acids is 10. The molecule has 0 saturated heterocycles. The standard InChI is InChI=1S/C31H32N2O4.C26H24N2O2.C14H15NO3.C13H13NO3.C11H10O3/c1-31(2,3)37-30(36)32-26-13-11-22(21-7-5-4-6-8-21)15-24(26)17-28(34)23-12-14-27-25(16-23)18-29(35)33(27)19-20-9-10-20;27-23-10-8-19(18-4-2-1-3-5-18)12-21(23)14-25(29)20-9-11-24-22(13-20)15-26(30)28(24)16-17-6-7-17;1-18-14(17)10-4-5-12-11(6-10)7-13(16)15(12)8-9-2-3-9;15-12-6-10-5-9(13(16)17)3-4-11(10)14(12)7-8-1-2-8;1-14-11(13)8-3-2-7-5-10(12)6-9(7)4-8/h4-8,11-16,20H,9-10,17-19H2,1-3H3,(H,32,36);1-5,8-13,17H,6-7,14-16,27H2;4-6,9H,2-3,7-8H2,1H3;3-5,8H,1-2,6-7H2,(H,16,17);2-4H,5-6H2,1H3. The van der Waals surface area contributed by atoms with Gasteiger partial charge in [-0.2, -0.15) is 0 Å². The van der Waals surface area contributed by atoms with Crippen molar-refractivity contribution in [2.24, 2.45) is 23.7 Å². The van der Waals surface area contributed by atoms with Crippen LogP contribution in [0, 0.1) is 23.7 Å². The molecule has 4 heterocycles. The van der Waals surface area contributed by atoms with Crippen molar-refractivity contribution < 1.29 is 72.1 Å². The maximum atomic E-state index is 13.4. The zero-order valence-electron chi connectivity index (χ0n) is 65.9. The molecule has 21 heteroatoms. The van der Waals surface area contributed by atoms with Crippen molar-refractivity contribution in [2.45, 2.75) is 129 Å². The normalized spacial score (nSPS) is 15.9. The second-order valence-corrected chi connectivity index (χ2v) is 32.4. The third-order valence-electron chi connectivity index (χ3n) is 22.1. The van der Waals surface area contributed by atoms with Gasteiger partial charge in [0, 0.05) is 97.1 Å². The number of Topliss-reactive ketones (excluding diaryl/α,β-unsaturated/α-hetero) is 3. The van der Waals surface area contributed by atoms with E-state index in [0.717, 1.165) is 110 Å². The van der Waals surface area contributed by atoms with Crippen LogP contribution in [0.1, 0.15) is 168 Å². The van der Waals surface area contributed by atoms with Crippen molar-refractivity contribution in [1.82, 2.24) is 0 Å². The van der Waals surface area contributed by atoms with E-state index in [9.17, 15) is 52.7 Å². The van der Waals surface area contributed by atoms with Gasteiger partial charge in [-0.25, -0.2) is 19.2 Å². The van der Waals surface area contributed by atoms with Crippen LogP contribution in [0.25, 0.3) is 22.3 Å². The molecule has 0 bridgehead atoms. The predicted octanol–water partition coefficient (Wildman–Crippen LogP) is 15.7. The molecule has 9 aromatic rings. The summed E-state index contributed by atoms with van der Waals surface area (Å²) in [6.07, 6.45) is 11.8. The Labute approximate surface area is 674 Å². The number of ketones is 3. The zero-order valence-corrected chi connectivity index (χ0v) is 65.9. The van der Waals surface area contributed by atoms with Gasteiger partial charge >= 0.3 is 24.0 Å². The Balaban J connectivity index is 0.000000125. The Morgan fingerprint density at radius 1 is 0.397 bits per heavy atom. The summed E-state index contributed by atoms with van der Waals surface area (Å²) in [6.45, 7) is 8.61. The number of fused-ring (bicyclic) bond motifs is 5. The number of nitrogens with zero attached hydrogens (tertiary/aromatic N) is 4. The number of hydrogen-bond donors (Lipinski definition) is 3. The lowest BCUT2D eigenvalue weighted by Gasteiger charge is -2.21. The molecule has 0 aromatic heterocycles. The van der Waals surface area contributed by atoms with Crippen molar-refractivity contribution >= 4 is 99.1 Å². The van der Waals surface area contributed by atoms with E-state index in [2.05, 4.69) is 14.8 Å². The number of hydrogen-bond acceptors (Lipinski definition) is 15. The summed E-state index contributed by atoms with van der Waals surface area (Å²) in [5.41, 5.74) is 24.2. The SMILES string of the molecule is CC(C)(C)OC(=O)Nc1ccc(-c2ccccc2)cc1CC(=O)c1ccc2c(c1)CC(=O)N2CC1CC1.COC(=O)c1ccc2c(c1)CC(=O)C2.COC(=O)c1ccc2c(c1)CC(=O)N2CC1CC1.Nc1ccc(-c2ccccc2)cc1CC(=O)c1ccc2c(c1)CC(=O)N2CC1CC1.O=C(O)c1ccc2c(c1)CC(=O)N2CC1CC1. The summed E-state index contributed by atoms with van der Waals surface area (Å²) in [5, 5.41) is 11.7. The molecule has 5 aliphatic carbocycles. The fourth-order valence-corrected chi connectivity index (χ4v) is 15.2. The number of benzene rings is 9. The number of anilines is 6. The number of esters is 2. The number of carbonyl (C=O) groups is 11. The van der Waals surface area contributed by atoms with Gasteiger partial charge in [0.1, 0.15) is 11.4 Å². The maximum Gasteiger partial charge on any atom is 0.412 e. The minimum Gasteiger partial charge on any atom is -0.478 e. The Kier molecular flexibility index (Phi) is 23.8. The van der Waals surface area contributed by atoms with Crippen LogP contribution in [0.3, 0.4) is 0 Å². The van der Waals surface area contributed by atoms with Crippen molar-refractivity contribution in [3.05, 3.63) is 260 Å². The number of nitrogen functional groups attached to an aromatic ring is 1. The lowest BCUT2D eigenvalue weighted by molar-refractivity contribution is -0.118. The number of ether oxygens (including phenoxy) is 3. The molecule has 4 N–H and O–H groups in total. The smallest absolute Gasteiger partial charge is 0.412 e. The molecule has 18 rings (SSSR count). The van der Waals surface area contributed by atoms with Crippen molar-refractivity contribution in [2.75, 3.05) is 71.0 Å². The first-order valence-electron chi connectivity index (χ1n) is 39.7. The second-order valence-electron chi connectivity index (χ2n) is 32.4. The van der Waals surface area contributed by atoms with E-state index < -0.39 is 17.7 Å². The monoisotopic (exact) mass is 1560 g/mol. The van der Waals surface area contributed by atoms with Crippen molar-refractivity contribution in [3.63, 3.8) is 0 Å². The lowest BCUT2D eigenvalue weighted by Crippen LogP contribution is -2.28. The van der Waals surface area contributed by atoms with Crippen LogP contribution in [-0.2, 0) is 89.5 Å². The second kappa shape index (κ2) is 34.6. The van der Waals surface area contributed by atoms with E-state index in [0.29, 0.717) is 101 Å². The van der Waals surface area contributed by atoms with Crippen LogP contribution >= 0.6 is 0 Å². The molecule has 9 aromatic carbocycles. The first kappa shape index (κ1) is 80.0. The molecule has 0 radical (unpaired) electrons. The average Bonchev–Trinajstić information content (AvgIpc) is 1.65. The summed E-state index contributed by atoms with van der Waals surface area (Å²) in [7, 11) is 2.71. The molecule has 21 nitrogen and oxygen atoms in total. The Bertz CT molecular complexity index is 5380.